The summed E-state index contributed by atoms with van der Waals surface area (Å²) < 4.78 is 12.6. The van der Waals surface area contributed by atoms with Crippen molar-refractivity contribution in [2.24, 2.45) is 0 Å². The van der Waals surface area contributed by atoms with Crippen molar-refractivity contribution in [2.75, 3.05) is 6.61 Å². The SMILES string of the molecule is CCCCCCCCCCCCCCCCO[Si](C)(C)OC(CC)c1ccccc1. The number of unbranched alkanes of at least 4 members (excludes halogenated alkanes) is 13. The fourth-order valence-corrected chi connectivity index (χ4v) is 5.74. The fourth-order valence-electron chi connectivity index (χ4n) is 4.05. The number of benzene rings is 1. The van der Waals surface area contributed by atoms with Gasteiger partial charge < -0.3 is 8.85 Å². The Balaban J connectivity index is 1.96. The second kappa shape index (κ2) is 18.0. The molecule has 0 heterocycles. The van der Waals surface area contributed by atoms with Crippen molar-refractivity contribution >= 4 is 8.56 Å². The van der Waals surface area contributed by atoms with Crippen molar-refractivity contribution in [3.05, 3.63) is 35.9 Å². The Morgan fingerprint density at radius 1 is 0.667 bits per heavy atom. The summed E-state index contributed by atoms with van der Waals surface area (Å²) in [6, 6.07) is 10.6. The summed E-state index contributed by atoms with van der Waals surface area (Å²) in [6.07, 6.45) is 20.6. The highest BCUT2D eigenvalue weighted by molar-refractivity contribution is 6.64. The third kappa shape index (κ3) is 14.4. The smallest absolute Gasteiger partial charge is 0.332 e. The molecule has 0 spiro atoms. The van der Waals surface area contributed by atoms with E-state index < -0.39 is 8.56 Å². The zero-order chi connectivity index (χ0) is 21.9. The van der Waals surface area contributed by atoms with Gasteiger partial charge in [-0.1, -0.05) is 128 Å². The van der Waals surface area contributed by atoms with E-state index in [0.717, 1.165) is 13.0 Å². The molecule has 3 heteroatoms. The van der Waals surface area contributed by atoms with Crippen molar-refractivity contribution in [1.29, 1.82) is 0 Å². The van der Waals surface area contributed by atoms with Crippen LogP contribution in [0, 0.1) is 0 Å². The maximum absolute atomic E-state index is 6.41. The normalized spacial score (nSPS) is 12.9. The van der Waals surface area contributed by atoms with Crippen LogP contribution in [0.2, 0.25) is 13.1 Å². The molecule has 1 unspecified atom stereocenters. The summed E-state index contributed by atoms with van der Waals surface area (Å²) in [7, 11) is -2.08. The van der Waals surface area contributed by atoms with Crippen molar-refractivity contribution in [1.82, 2.24) is 0 Å². The summed E-state index contributed by atoms with van der Waals surface area (Å²) >= 11 is 0. The lowest BCUT2D eigenvalue weighted by atomic mass is 10.0. The van der Waals surface area contributed by atoms with Crippen LogP contribution in [-0.2, 0) is 8.85 Å². The maximum Gasteiger partial charge on any atom is 0.332 e. The van der Waals surface area contributed by atoms with Crippen LogP contribution >= 0.6 is 0 Å². The van der Waals surface area contributed by atoms with Crippen molar-refractivity contribution in [3.8, 4) is 0 Å². The highest BCUT2D eigenvalue weighted by Gasteiger charge is 2.28. The van der Waals surface area contributed by atoms with Crippen LogP contribution in [0.5, 0.6) is 0 Å². The molecule has 0 aliphatic carbocycles. The van der Waals surface area contributed by atoms with Gasteiger partial charge in [-0.05, 0) is 31.5 Å². The summed E-state index contributed by atoms with van der Waals surface area (Å²) in [5, 5.41) is 0. The molecular weight excluding hydrogens is 384 g/mol. The van der Waals surface area contributed by atoms with Gasteiger partial charge >= 0.3 is 8.56 Å². The van der Waals surface area contributed by atoms with Crippen LogP contribution in [0.25, 0.3) is 0 Å². The predicted octanol–water partition coefficient (Wildman–Crippen LogP) is 9.35. The first-order chi connectivity index (χ1) is 14.6. The van der Waals surface area contributed by atoms with Crippen molar-refractivity contribution < 1.29 is 8.85 Å². The van der Waals surface area contributed by atoms with Gasteiger partial charge in [-0.15, -0.1) is 0 Å². The third-order valence-corrected chi connectivity index (χ3v) is 7.67. The van der Waals surface area contributed by atoms with Gasteiger partial charge in [-0.2, -0.15) is 0 Å². The summed E-state index contributed by atoms with van der Waals surface area (Å²) in [5.41, 5.74) is 1.26. The Morgan fingerprint density at radius 3 is 1.60 bits per heavy atom. The monoisotopic (exact) mass is 434 g/mol. The van der Waals surface area contributed by atoms with E-state index in [1.54, 1.807) is 0 Å². The summed E-state index contributed by atoms with van der Waals surface area (Å²) in [6.45, 7) is 9.70. The molecule has 1 aromatic carbocycles. The lowest BCUT2D eigenvalue weighted by Gasteiger charge is -2.28. The van der Waals surface area contributed by atoms with Crippen LogP contribution < -0.4 is 0 Å². The van der Waals surface area contributed by atoms with Crippen LogP contribution in [0.3, 0.4) is 0 Å². The minimum absolute atomic E-state index is 0.157. The molecule has 0 radical (unpaired) electrons. The number of hydrogen-bond acceptors (Lipinski definition) is 2. The highest BCUT2D eigenvalue weighted by Crippen LogP contribution is 2.26. The van der Waals surface area contributed by atoms with Crippen LogP contribution in [0.4, 0.5) is 0 Å². The van der Waals surface area contributed by atoms with Crippen molar-refractivity contribution in [3.63, 3.8) is 0 Å². The molecule has 0 aromatic heterocycles. The topological polar surface area (TPSA) is 18.5 Å². The lowest BCUT2D eigenvalue weighted by molar-refractivity contribution is 0.116. The Hall–Kier alpha value is -0.643. The van der Waals surface area contributed by atoms with Gasteiger partial charge in [0, 0.05) is 6.61 Å². The molecule has 2 nitrogen and oxygen atoms in total. The highest BCUT2D eigenvalue weighted by atomic mass is 28.4. The average molecular weight is 435 g/mol. The van der Waals surface area contributed by atoms with E-state index in [2.05, 4.69) is 57.3 Å². The van der Waals surface area contributed by atoms with E-state index >= 15 is 0 Å². The zero-order valence-corrected chi connectivity index (χ0v) is 21.6. The molecule has 0 aliphatic heterocycles. The Morgan fingerprint density at radius 2 is 1.13 bits per heavy atom. The summed E-state index contributed by atoms with van der Waals surface area (Å²) in [4.78, 5) is 0. The molecular formula is C27H50O2Si. The zero-order valence-electron chi connectivity index (χ0n) is 20.6. The maximum atomic E-state index is 6.41. The fraction of sp³-hybridized carbons (Fsp3) is 0.778. The molecule has 1 aromatic rings. The molecule has 0 saturated carbocycles. The quantitative estimate of drug-likeness (QED) is 0.150. The third-order valence-electron chi connectivity index (χ3n) is 5.92. The predicted molar refractivity (Wildman–Crippen MR) is 134 cm³/mol. The van der Waals surface area contributed by atoms with E-state index in [-0.39, 0.29) is 6.10 Å². The number of hydrogen-bond donors (Lipinski definition) is 0. The molecule has 1 rings (SSSR count). The van der Waals surface area contributed by atoms with Crippen LogP contribution in [0.1, 0.15) is 122 Å². The van der Waals surface area contributed by atoms with Gasteiger partial charge in [-0.3, -0.25) is 0 Å². The molecule has 0 bridgehead atoms. The summed E-state index contributed by atoms with van der Waals surface area (Å²) in [5.74, 6) is 0. The number of rotatable bonds is 20. The molecule has 30 heavy (non-hydrogen) atoms. The van der Waals surface area contributed by atoms with E-state index in [1.165, 1.54) is 95.5 Å². The van der Waals surface area contributed by atoms with Crippen LogP contribution in [0.15, 0.2) is 30.3 Å². The van der Waals surface area contributed by atoms with Gasteiger partial charge in [0.2, 0.25) is 0 Å². The van der Waals surface area contributed by atoms with Gasteiger partial charge in [0.1, 0.15) is 0 Å². The minimum atomic E-state index is -2.08. The largest absolute Gasteiger partial charge is 0.394 e. The van der Waals surface area contributed by atoms with Gasteiger partial charge in [0.05, 0.1) is 6.10 Å². The second-order valence-electron chi connectivity index (χ2n) is 9.27. The van der Waals surface area contributed by atoms with E-state index in [0.29, 0.717) is 0 Å². The van der Waals surface area contributed by atoms with Crippen molar-refractivity contribution in [2.45, 2.75) is 129 Å². The minimum Gasteiger partial charge on any atom is -0.394 e. The Labute approximate surface area is 189 Å². The van der Waals surface area contributed by atoms with E-state index in [9.17, 15) is 0 Å². The van der Waals surface area contributed by atoms with Gasteiger partial charge in [-0.25, -0.2) is 0 Å². The molecule has 0 fully saturated rings. The Kier molecular flexibility index (Phi) is 16.4. The molecule has 0 aliphatic rings. The molecule has 1 atom stereocenters. The molecule has 0 N–H and O–H groups in total. The van der Waals surface area contributed by atoms with E-state index in [1.807, 2.05) is 0 Å². The molecule has 0 saturated heterocycles. The van der Waals surface area contributed by atoms with Gasteiger partial charge in [0.15, 0.2) is 0 Å². The first-order valence-electron chi connectivity index (χ1n) is 13.0. The average Bonchev–Trinajstić information content (AvgIpc) is 2.75. The first-order valence-corrected chi connectivity index (χ1v) is 15.8. The standard InChI is InChI=1S/C27H50O2Si/c1-5-7-8-9-10-11-12-13-14-15-16-17-18-22-25-28-30(3,4)29-27(6-2)26-23-20-19-21-24-26/h19-21,23-24,27H,5-18,22,25H2,1-4H3. The Bertz CT molecular complexity index is 489. The van der Waals surface area contributed by atoms with Gasteiger partial charge in [0.25, 0.3) is 0 Å². The molecule has 0 amide bonds. The lowest BCUT2D eigenvalue weighted by Crippen LogP contribution is -2.36. The second-order valence-corrected chi connectivity index (χ2v) is 12.6. The molecule has 174 valence electrons. The van der Waals surface area contributed by atoms with E-state index in [4.69, 9.17) is 8.85 Å². The first kappa shape index (κ1) is 27.4. The van der Waals surface area contributed by atoms with Crippen LogP contribution in [-0.4, -0.2) is 15.2 Å².